The van der Waals surface area contributed by atoms with Crippen molar-refractivity contribution in [1.82, 2.24) is 29.5 Å². The smallest absolute Gasteiger partial charge is 0.256 e. The van der Waals surface area contributed by atoms with Crippen molar-refractivity contribution in [1.29, 1.82) is 0 Å². The Morgan fingerprint density at radius 2 is 1.75 bits per heavy atom. The Morgan fingerprint density at radius 3 is 2.53 bits per heavy atom. The van der Waals surface area contributed by atoms with E-state index in [-0.39, 0.29) is 5.91 Å². The number of hydrogen-bond acceptors (Lipinski definition) is 5. The number of carbonyl (C=O) groups is 1. The fourth-order valence-electron chi connectivity index (χ4n) is 3.75. The number of nitrogens with zero attached hydrogens (tertiary/aromatic N) is 6. The van der Waals surface area contributed by atoms with Crippen molar-refractivity contribution in [2.45, 2.75) is 20.8 Å². The van der Waals surface area contributed by atoms with Gasteiger partial charge in [0.25, 0.3) is 5.91 Å². The molecule has 0 radical (unpaired) electrons. The molecular weight excluding hydrogens is 402 g/mol. The van der Waals surface area contributed by atoms with Crippen LogP contribution < -0.4 is 5.32 Å². The first kappa shape index (κ1) is 19.6. The summed E-state index contributed by atoms with van der Waals surface area (Å²) in [7, 11) is 0. The summed E-state index contributed by atoms with van der Waals surface area (Å²) in [5, 5.41) is 12.8. The fourth-order valence-corrected chi connectivity index (χ4v) is 3.75. The zero-order chi connectivity index (χ0) is 22.2. The van der Waals surface area contributed by atoms with Crippen LogP contribution in [0.5, 0.6) is 0 Å². The molecule has 8 nitrogen and oxygen atoms in total. The molecule has 3 aromatic heterocycles. The third-order valence-corrected chi connectivity index (χ3v) is 5.23. The van der Waals surface area contributed by atoms with Gasteiger partial charge in [0, 0.05) is 11.6 Å². The van der Waals surface area contributed by atoms with Crippen molar-refractivity contribution < 1.29 is 4.79 Å². The predicted molar refractivity (Wildman–Crippen MR) is 122 cm³/mol. The normalized spacial score (nSPS) is 11.1. The van der Waals surface area contributed by atoms with E-state index < -0.39 is 0 Å². The van der Waals surface area contributed by atoms with Gasteiger partial charge in [0.15, 0.2) is 11.5 Å². The molecule has 0 fully saturated rings. The van der Waals surface area contributed by atoms with Crippen LogP contribution in [0.15, 0.2) is 67.1 Å². The van der Waals surface area contributed by atoms with Gasteiger partial charge in [0.05, 0.1) is 23.0 Å². The number of aryl methyl sites for hydroxylation is 3. The van der Waals surface area contributed by atoms with Crippen LogP contribution in [-0.4, -0.2) is 35.4 Å². The minimum Gasteiger partial charge on any atom is -0.306 e. The van der Waals surface area contributed by atoms with Crippen molar-refractivity contribution in [3.63, 3.8) is 0 Å². The molecule has 32 heavy (non-hydrogen) atoms. The molecule has 0 spiro atoms. The van der Waals surface area contributed by atoms with Crippen molar-refractivity contribution in [2.24, 2.45) is 0 Å². The minimum absolute atomic E-state index is 0.219. The van der Waals surface area contributed by atoms with Gasteiger partial charge in [-0.2, -0.15) is 14.9 Å². The second-order valence-corrected chi connectivity index (χ2v) is 7.68. The van der Waals surface area contributed by atoms with Gasteiger partial charge in [-0.15, -0.1) is 0 Å². The summed E-state index contributed by atoms with van der Waals surface area (Å²) in [5.74, 6) is 0.848. The average Bonchev–Trinajstić information content (AvgIpc) is 3.37. The van der Waals surface area contributed by atoms with Crippen molar-refractivity contribution in [2.75, 3.05) is 5.32 Å². The molecule has 0 bridgehead atoms. The van der Waals surface area contributed by atoms with Gasteiger partial charge >= 0.3 is 0 Å². The molecule has 5 rings (SSSR count). The van der Waals surface area contributed by atoms with Crippen LogP contribution in [0, 0.1) is 20.8 Å². The molecule has 1 N–H and O–H groups in total. The first-order chi connectivity index (χ1) is 15.5. The summed E-state index contributed by atoms with van der Waals surface area (Å²) in [6.07, 6.45) is 3.21. The van der Waals surface area contributed by atoms with Crippen LogP contribution in [0.1, 0.15) is 27.2 Å². The highest BCUT2D eigenvalue weighted by Gasteiger charge is 2.18. The Bertz CT molecular complexity index is 1450. The monoisotopic (exact) mass is 423 g/mol. The minimum atomic E-state index is -0.219. The maximum absolute atomic E-state index is 12.7. The van der Waals surface area contributed by atoms with E-state index in [1.807, 2.05) is 50.2 Å². The van der Waals surface area contributed by atoms with E-state index >= 15 is 0 Å². The topological polar surface area (TPSA) is 90.5 Å². The Labute approximate surface area is 184 Å². The first-order valence-electron chi connectivity index (χ1n) is 10.2. The molecule has 0 aliphatic heterocycles. The predicted octanol–water partition coefficient (Wildman–Crippen LogP) is 4.18. The molecule has 0 unspecified atom stereocenters. The SMILES string of the molecule is Cc1ccc(-n2ncc3c(-n4nc(C)cc4NC(=O)c4ccccc4)ncnc32)c(C)c1. The molecule has 0 aliphatic carbocycles. The second kappa shape index (κ2) is 7.73. The summed E-state index contributed by atoms with van der Waals surface area (Å²) in [6, 6.07) is 17.0. The second-order valence-electron chi connectivity index (χ2n) is 7.68. The highest BCUT2D eigenvalue weighted by Crippen LogP contribution is 2.25. The van der Waals surface area contributed by atoms with Gasteiger partial charge in [0.2, 0.25) is 0 Å². The lowest BCUT2D eigenvalue weighted by atomic mass is 10.1. The van der Waals surface area contributed by atoms with E-state index in [0.717, 1.165) is 22.3 Å². The van der Waals surface area contributed by atoms with Gasteiger partial charge in [-0.25, -0.2) is 14.6 Å². The van der Waals surface area contributed by atoms with Crippen LogP contribution in [0.3, 0.4) is 0 Å². The largest absolute Gasteiger partial charge is 0.306 e. The molecule has 0 saturated carbocycles. The summed E-state index contributed by atoms with van der Waals surface area (Å²) in [5.41, 5.74) is 5.21. The van der Waals surface area contributed by atoms with E-state index in [9.17, 15) is 4.79 Å². The number of amides is 1. The third kappa shape index (κ3) is 3.41. The average molecular weight is 423 g/mol. The number of benzene rings is 2. The lowest BCUT2D eigenvalue weighted by Crippen LogP contribution is -2.15. The molecule has 3 heterocycles. The number of aromatic nitrogens is 6. The number of hydrogen-bond donors (Lipinski definition) is 1. The maximum atomic E-state index is 12.7. The Hall–Kier alpha value is -4.33. The highest BCUT2D eigenvalue weighted by molar-refractivity contribution is 6.04. The Balaban J connectivity index is 1.59. The molecule has 8 heteroatoms. The molecule has 0 saturated heterocycles. The van der Waals surface area contributed by atoms with Crippen LogP contribution >= 0.6 is 0 Å². The van der Waals surface area contributed by atoms with E-state index in [0.29, 0.717) is 22.8 Å². The van der Waals surface area contributed by atoms with Gasteiger partial charge in [-0.3, -0.25) is 4.79 Å². The first-order valence-corrected chi connectivity index (χ1v) is 10.2. The number of fused-ring (bicyclic) bond motifs is 1. The third-order valence-electron chi connectivity index (χ3n) is 5.23. The summed E-state index contributed by atoms with van der Waals surface area (Å²) in [4.78, 5) is 21.7. The Kier molecular flexibility index (Phi) is 4.74. The summed E-state index contributed by atoms with van der Waals surface area (Å²) in [6.45, 7) is 5.97. The van der Waals surface area contributed by atoms with Crippen LogP contribution in [0.2, 0.25) is 0 Å². The number of nitrogens with one attached hydrogen (secondary N) is 1. The summed E-state index contributed by atoms with van der Waals surface area (Å²) >= 11 is 0. The molecule has 5 aromatic rings. The van der Waals surface area contributed by atoms with Crippen LogP contribution in [-0.2, 0) is 0 Å². The van der Waals surface area contributed by atoms with Gasteiger partial charge in [-0.05, 0) is 44.5 Å². The zero-order valence-corrected chi connectivity index (χ0v) is 17.9. The number of rotatable bonds is 4. The molecule has 0 atom stereocenters. The number of carbonyl (C=O) groups excluding carboxylic acids is 1. The van der Waals surface area contributed by atoms with Crippen LogP contribution in [0.25, 0.3) is 22.5 Å². The van der Waals surface area contributed by atoms with Crippen molar-refractivity contribution >= 4 is 22.8 Å². The quantitative estimate of drug-likeness (QED) is 0.468. The molecular formula is C24H21N7O. The summed E-state index contributed by atoms with van der Waals surface area (Å²) < 4.78 is 3.42. The van der Waals surface area contributed by atoms with Gasteiger partial charge in [-0.1, -0.05) is 35.9 Å². The Morgan fingerprint density at radius 1 is 0.938 bits per heavy atom. The molecule has 158 valence electrons. The zero-order valence-electron chi connectivity index (χ0n) is 17.9. The van der Waals surface area contributed by atoms with E-state index in [1.165, 1.54) is 11.9 Å². The standard InChI is InChI=1S/C24H21N7O/c1-15-9-10-20(16(2)11-15)30-22-19(13-27-30)23(26-14-25-22)31-21(12-17(3)29-31)28-24(32)18-7-5-4-6-8-18/h4-14H,1-3H3,(H,28,32). The lowest BCUT2D eigenvalue weighted by molar-refractivity contribution is 0.102. The number of anilines is 1. The van der Waals surface area contributed by atoms with E-state index in [4.69, 9.17) is 0 Å². The molecule has 0 aliphatic rings. The van der Waals surface area contributed by atoms with Crippen molar-refractivity contribution in [3.8, 4) is 11.5 Å². The fraction of sp³-hybridized carbons (Fsp3) is 0.125. The van der Waals surface area contributed by atoms with Crippen molar-refractivity contribution in [3.05, 3.63) is 89.5 Å². The maximum Gasteiger partial charge on any atom is 0.256 e. The highest BCUT2D eigenvalue weighted by atomic mass is 16.1. The molecule has 2 aromatic carbocycles. The van der Waals surface area contributed by atoms with Gasteiger partial charge < -0.3 is 5.32 Å². The van der Waals surface area contributed by atoms with E-state index in [2.05, 4.69) is 38.5 Å². The van der Waals surface area contributed by atoms with Crippen LogP contribution in [0.4, 0.5) is 5.82 Å². The molecule has 1 amide bonds. The van der Waals surface area contributed by atoms with E-state index in [1.54, 1.807) is 27.7 Å². The lowest BCUT2D eigenvalue weighted by Gasteiger charge is -2.10. The van der Waals surface area contributed by atoms with Gasteiger partial charge in [0.1, 0.15) is 12.1 Å².